The first-order valence-electron chi connectivity index (χ1n) is 9.64. The molecule has 5 N–H and O–H groups in total. The lowest BCUT2D eigenvalue weighted by Gasteiger charge is -2.23. The third kappa shape index (κ3) is 3.45. The standard InChI is InChI=1S/C21H18ClF3N4O3/c22-17-18-10(3-14(25)19(17)28-2-1-9(6-26)7-28)20(30)11(21(31)32)8-29(18)16-5-15(27)12(23)4-13(16)24/h3-5,8-9H,1-2,6-7,26-27H2,(H,31,32). The number of hydrogen-bond donors (Lipinski definition) is 3. The van der Waals surface area contributed by atoms with Crippen LogP contribution in [0.1, 0.15) is 16.8 Å². The highest BCUT2D eigenvalue weighted by atomic mass is 35.5. The van der Waals surface area contributed by atoms with E-state index in [4.69, 9.17) is 23.1 Å². The lowest BCUT2D eigenvalue weighted by molar-refractivity contribution is 0.0695. The molecular weight excluding hydrogens is 449 g/mol. The maximum Gasteiger partial charge on any atom is 0.341 e. The van der Waals surface area contributed by atoms with Gasteiger partial charge in [-0.3, -0.25) is 4.79 Å². The van der Waals surface area contributed by atoms with Gasteiger partial charge in [-0.15, -0.1) is 0 Å². The van der Waals surface area contributed by atoms with Crippen molar-refractivity contribution >= 4 is 39.8 Å². The van der Waals surface area contributed by atoms with Crippen molar-refractivity contribution in [1.82, 2.24) is 4.57 Å². The Balaban J connectivity index is 2.10. The van der Waals surface area contributed by atoms with Gasteiger partial charge in [0.15, 0.2) is 0 Å². The number of benzene rings is 2. The molecule has 0 spiro atoms. The minimum absolute atomic E-state index is 0.0122. The Morgan fingerprint density at radius 3 is 2.53 bits per heavy atom. The number of nitrogens with zero attached hydrogens (tertiary/aromatic N) is 2. The molecule has 11 heteroatoms. The van der Waals surface area contributed by atoms with E-state index in [2.05, 4.69) is 0 Å². The van der Waals surface area contributed by atoms with Crippen molar-refractivity contribution in [2.45, 2.75) is 6.42 Å². The number of carbonyl (C=O) groups is 1. The molecule has 7 nitrogen and oxygen atoms in total. The van der Waals surface area contributed by atoms with E-state index in [0.29, 0.717) is 32.1 Å². The number of carboxylic acids is 1. The van der Waals surface area contributed by atoms with E-state index in [0.717, 1.165) is 22.9 Å². The highest BCUT2D eigenvalue weighted by molar-refractivity contribution is 6.38. The molecule has 1 fully saturated rings. The van der Waals surface area contributed by atoms with Crippen molar-refractivity contribution in [2.24, 2.45) is 11.7 Å². The Hall–Kier alpha value is -3.24. The van der Waals surface area contributed by atoms with Gasteiger partial charge in [0.1, 0.15) is 23.0 Å². The first kappa shape index (κ1) is 22.0. The first-order chi connectivity index (χ1) is 15.1. The number of fused-ring (bicyclic) bond motifs is 1. The van der Waals surface area contributed by atoms with Crippen LogP contribution < -0.4 is 21.8 Å². The van der Waals surface area contributed by atoms with Gasteiger partial charge in [0, 0.05) is 25.4 Å². The monoisotopic (exact) mass is 466 g/mol. The van der Waals surface area contributed by atoms with Gasteiger partial charge in [0.25, 0.3) is 0 Å². The number of pyridine rings is 1. The van der Waals surface area contributed by atoms with E-state index < -0.39 is 40.1 Å². The fourth-order valence-corrected chi connectivity index (χ4v) is 4.41. The molecule has 4 rings (SSSR count). The van der Waals surface area contributed by atoms with Gasteiger partial charge in [-0.05, 0) is 31.0 Å². The molecule has 2 heterocycles. The molecule has 3 aromatic rings. The van der Waals surface area contributed by atoms with Crippen molar-refractivity contribution in [3.8, 4) is 5.69 Å². The second kappa shape index (κ2) is 8.03. The SMILES string of the molecule is NCC1CCN(c2c(F)cc3c(=O)c(C(=O)O)cn(-c4cc(N)c(F)cc4F)c3c2Cl)C1. The molecule has 168 valence electrons. The quantitative estimate of drug-likeness (QED) is 0.509. The normalized spacial score (nSPS) is 16.2. The van der Waals surface area contributed by atoms with Crippen LogP contribution in [0.2, 0.25) is 5.02 Å². The van der Waals surface area contributed by atoms with Gasteiger partial charge in [-0.2, -0.15) is 0 Å². The van der Waals surface area contributed by atoms with E-state index >= 15 is 4.39 Å². The molecule has 32 heavy (non-hydrogen) atoms. The third-order valence-electron chi connectivity index (χ3n) is 5.65. The summed E-state index contributed by atoms with van der Waals surface area (Å²) in [5.74, 6) is -4.41. The average Bonchev–Trinajstić information content (AvgIpc) is 3.20. The number of rotatable bonds is 4. The van der Waals surface area contributed by atoms with E-state index in [9.17, 15) is 23.5 Å². The summed E-state index contributed by atoms with van der Waals surface area (Å²) in [6, 6.07) is 2.35. The van der Waals surface area contributed by atoms with Crippen molar-refractivity contribution in [3.05, 3.63) is 62.7 Å². The minimum atomic E-state index is -1.60. The van der Waals surface area contributed by atoms with Gasteiger partial charge < -0.3 is 26.0 Å². The third-order valence-corrected chi connectivity index (χ3v) is 6.01. The molecule has 1 unspecified atom stereocenters. The molecule has 0 amide bonds. The summed E-state index contributed by atoms with van der Waals surface area (Å²) in [7, 11) is 0. The molecule has 1 aliphatic heterocycles. The molecule has 1 atom stereocenters. The van der Waals surface area contributed by atoms with Gasteiger partial charge in [0.05, 0.1) is 33.0 Å². The van der Waals surface area contributed by atoms with Crippen LogP contribution in [0.4, 0.5) is 24.5 Å². The molecule has 0 aliphatic carbocycles. The molecule has 0 saturated carbocycles. The van der Waals surface area contributed by atoms with Crippen LogP contribution in [-0.2, 0) is 0 Å². The summed E-state index contributed by atoms with van der Waals surface area (Å²) in [6.07, 6.45) is 1.57. The van der Waals surface area contributed by atoms with Crippen molar-refractivity contribution in [1.29, 1.82) is 0 Å². The number of nitrogen functional groups attached to an aromatic ring is 1. The number of aromatic carboxylic acids is 1. The van der Waals surface area contributed by atoms with E-state index in [1.54, 1.807) is 4.90 Å². The fourth-order valence-electron chi connectivity index (χ4n) is 4.00. The number of aromatic nitrogens is 1. The number of carboxylic acid groups (broad SMARTS) is 1. The summed E-state index contributed by atoms with van der Waals surface area (Å²) in [5.41, 5.74) is 8.65. The summed E-state index contributed by atoms with van der Waals surface area (Å²) in [4.78, 5) is 26.1. The number of nitrogens with two attached hydrogens (primary N) is 2. The van der Waals surface area contributed by atoms with Crippen molar-refractivity contribution < 1.29 is 23.1 Å². The predicted molar refractivity (Wildman–Crippen MR) is 115 cm³/mol. The Kier molecular flexibility index (Phi) is 5.51. The van der Waals surface area contributed by atoms with Crippen LogP contribution in [0.3, 0.4) is 0 Å². The first-order valence-corrected chi connectivity index (χ1v) is 10.0. The number of hydrogen-bond acceptors (Lipinski definition) is 5. The molecule has 0 radical (unpaired) electrons. The zero-order chi connectivity index (χ0) is 23.3. The smallest absolute Gasteiger partial charge is 0.341 e. The van der Waals surface area contributed by atoms with Gasteiger partial charge in [0.2, 0.25) is 5.43 Å². The van der Waals surface area contributed by atoms with Crippen LogP contribution in [0.5, 0.6) is 0 Å². The van der Waals surface area contributed by atoms with E-state index in [1.165, 1.54) is 0 Å². The Labute approximate surface area is 184 Å². The Bertz CT molecular complexity index is 1330. The van der Waals surface area contributed by atoms with Crippen LogP contribution >= 0.6 is 11.6 Å². The second-order valence-electron chi connectivity index (χ2n) is 7.63. The predicted octanol–water partition coefficient (Wildman–Crippen LogP) is 3.13. The number of anilines is 2. The van der Waals surface area contributed by atoms with Crippen LogP contribution in [0, 0.1) is 23.4 Å². The molecule has 2 aromatic carbocycles. The van der Waals surface area contributed by atoms with Gasteiger partial charge >= 0.3 is 5.97 Å². The van der Waals surface area contributed by atoms with E-state index in [-0.39, 0.29) is 33.2 Å². The second-order valence-corrected chi connectivity index (χ2v) is 8.00. The number of halogens is 4. The summed E-state index contributed by atoms with van der Waals surface area (Å²) in [5, 5.41) is 8.87. The summed E-state index contributed by atoms with van der Waals surface area (Å²) in [6.45, 7) is 1.28. The minimum Gasteiger partial charge on any atom is -0.477 e. The van der Waals surface area contributed by atoms with Crippen LogP contribution in [0.15, 0.2) is 29.2 Å². The maximum atomic E-state index is 15.1. The lowest BCUT2D eigenvalue weighted by Crippen LogP contribution is -2.25. The highest BCUT2D eigenvalue weighted by Gasteiger charge is 2.29. The van der Waals surface area contributed by atoms with Gasteiger partial charge in [-0.1, -0.05) is 11.6 Å². The topological polar surface area (TPSA) is 115 Å². The maximum absolute atomic E-state index is 15.1. The summed E-state index contributed by atoms with van der Waals surface area (Å²) >= 11 is 6.55. The van der Waals surface area contributed by atoms with Crippen molar-refractivity contribution in [2.75, 3.05) is 30.3 Å². The molecular formula is C21H18ClF3N4O3. The Morgan fingerprint density at radius 2 is 1.91 bits per heavy atom. The largest absolute Gasteiger partial charge is 0.477 e. The molecule has 1 aromatic heterocycles. The zero-order valence-corrected chi connectivity index (χ0v) is 17.3. The van der Waals surface area contributed by atoms with Crippen LogP contribution in [0.25, 0.3) is 16.6 Å². The average molecular weight is 467 g/mol. The molecule has 1 aliphatic rings. The van der Waals surface area contributed by atoms with E-state index in [1.807, 2.05) is 0 Å². The Morgan fingerprint density at radius 1 is 1.19 bits per heavy atom. The molecule has 0 bridgehead atoms. The summed E-state index contributed by atoms with van der Waals surface area (Å²) < 4.78 is 44.5. The van der Waals surface area contributed by atoms with Gasteiger partial charge in [-0.25, -0.2) is 18.0 Å². The zero-order valence-electron chi connectivity index (χ0n) is 16.5. The fraction of sp³-hybridized carbons (Fsp3) is 0.238. The molecule has 1 saturated heterocycles. The van der Waals surface area contributed by atoms with Crippen molar-refractivity contribution in [3.63, 3.8) is 0 Å². The lowest BCUT2D eigenvalue weighted by atomic mass is 10.1. The highest BCUT2D eigenvalue weighted by Crippen LogP contribution is 2.39. The van der Waals surface area contributed by atoms with Crippen LogP contribution in [-0.4, -0.2) is 35.3 Å².